The van der Waals surface area contributed by atoms with E-state index in [9.17, 15) is 9.90 Å². The molecule has 1 fully saturated rings. The molecule has 98 valence electrons. The van der Waals surface area contributed by atoms with E-state index < -0.39 is 0 Å². The molecule has 0 bridgehead atoms. The summed E-state index contributed by atoms with van der Waals surface area (Å²) in [6.45, 7) is 1.18. The second-order valence-corrected chi connectivity index (χ2v) is 4.51. The van der Waals surface area contributed by atoms with E-state index >= 15 is 0 Å². The van der Waals surface area contributed by atoms with E-state index in [4.69, 9.17) is 5.73 Å². The number of nitrogens with two attached hydrogens (primary N) is 1. The van der Waals surface area contributed by atoms with Gasteiger partial charge in [0, 0.05) is 18.8 Å². The van der Waals surface area contributed by atoms with Gasteiger partial charge < -0.3 is 21.1 Å². The average molecular weight is 249 g/mol. The third-order valence-electron chi connectivity index (χ3n) is 3.26. The second kappa shape index (κ2) is 5.84. The fourth-order valence-corrected chi connectivity index (χ4v) is 2.26. The van der Waals surface area contributed by atoms with Crippen LogP contribution < -0.4 is 11.1 Å². The summed E-state index contributed by atoms with van der Waals surface area (Å²) in [5.74, 6) is 0. The van der Waals surface area contributed by atoms with Crippen LogP contribution in [0.2, 0.25) is 0 Å². The molecule has 4 N–H and O–H groups in total. The van der Waals surface area contributed by atoms with Crippen molar-refractivity contribution in [2.45, 2.75) is 25.4 Å². The van der Waals surface area contributed by atoms with Crippen molar-refractivity contribution in [1.82, 2.24) is 4.90 Å². The number of nitrogens with one attached hydrogen (secondary N) is 1. The molecule has 1 saturated heterocycles. The number of likely N-dealkylation sites (tertiary alicyclic amines) is 1. The number of urea groups is 1. The van der Waals surface area contributed by atoms with Gasteiger partial charge in [-0.25, -0.2) is 4.79 Å². The Morgan fingerprint density at radius 2 is 2.39 bits per heavy atom. The Balaban J connectivity index is 2.02. The van der Waals surface area contributed by atoms with Gasteiger partial charge in [0.05, 0.1) is 12.6 Å². The number of rotatable bonds is 3. The third kappa shape index (κ3) is 2.80. The third-order valence-corrected chi connectivity index (χ3v) is 3.26. The topological polar surface area (TPSA) is 78.6 Å². The van der Waals surface area contributed by atoms with Crippen molar-refractivity contribution < 1.29 is 9.90 Å². The number of anilines is 1. The van der Waals surface area contributed by atoms with Crippen LogP contribution >= 0.6 is 0 Å². The summed E-state index contributed by atoms with van der Waals surface area (Å²) in [6, 6.07) is 7.28. The lowest BCUT2D eigenvalue weighted by Gasteiger charge is -2.23. The minimum absolute atomic E-state index is 0.0241. The molecular weight excluding hydrogens is 230 g/mol. The van der Waals surface area contributed by atoms with Crippen LogP contribution in [0.15, 0.2) is 24.3 Å². The van der Waals surface area contributed by atoms with Gasteiger partial charge in [0.15, 0.2) is 0 Å². The molecule has 2 rings (SSSR count). The van der Waals surface area contributed by atoms with Crippen molar-refractivity contribution in [3.8, 4) is 0 Å². The van der Waals surface area contributed by atoms with E-state index in [1.165, 1.54) is 0 Å². The number of amides is 2. The molecule has 0 aliphatic carbocycles. The van der Waals surface area contributed by atoms with Crippen molar-refractivity contribution >= 4 is 11.7 Å². The summed E-state index contributed by atoms with van der Waals surface area (Å²) in [5, 5.41) is 12.0. The molecule has 1 aliphatic heterocycles. The maximum Gasteiger partial charge on any atom is 0.322 e. The predicted molar refractivity (Wildman–Crippen MR) is 70.2 cm³/mol. The molecule has 5 heteroatoms. The average Bonchev–Trinajstić information content (AvgIpc) is 2.87. The SMILES string of the molecule is NCc1cccc(NC(=O)N2CCCC2CO)c1. The molecule has 1 unspecified atom stereocenters. The molecule has 5 nitrogen and oxygen atoms in total. The van der Waals surface area contributed by atoms with Crippen LogP contribution in [0, 0.1) is 0 Å². The number of benzene rings is 1. The highest BCUT2D eigenvalue weighted by Gasteiger charge is 2.27. The van der Waals surface area contributed by atoms with Crippen molar-refractivity contribution in [3.05, 3.63) is 29.8 Å². The first-order valence-corrected chi connectivity index (χ1v) is 6.22. The maximum atomic E-state index is 12.1. The van der Waals surface area contributed by atoms with Gasteiger partial charge in [-0.1, -0.05) is 12.1 Å². The minimum atomic E-state index is -0.152. The summed E-state index contributed by atoms with van der Waals surface area (Å²) in [5.41, 5.74) is 7.28. The van der Waals surface area contributed by atoms with Gasteiger partial charge in [0.2, 0.25) is 0 Å². The van der Waals surface area contributed by atoms with E-state index in [0.29, 0.717) is 13.1 Å². The fourth-order valence-electron chi connectivity index (χ4n) is 2.26. The van der Waals surface area contributed by atoms with E-state index in [0.717, 1.165) is 24.1 Å². The molecule has 1 aromatic rings. The minimum Gasteiger partial charge on any atom is -0.394 e. The lowest BCUT2D eigenvalue weighted by atomic mass is 10.2. The number of aliphatic hydroxyl groups is 1. The summed E-state index contributed by atoms with van der Waals surface area (Å²) >= 11 is 0. The number of aliphatic hydroxyl groups excluding tert-OH is 1. The molecule has 0 radical (unpaired) electrons. The summed E-state index contributed by atoms with van der Waals surface area (Å²) in [4.78, 5) is 13.7. The highest BCUT2D eigenvalue weighted by atomic mass is 16.3. The van der Waals surface area contributed by atoms with Gasteiger partial charge in [0.1, 0.15) is 0 Å². The fraction of sp³-hybridized carbons (Fsp3) is 0.462. The van der Waals surface area contributed by atoms with Gasteiger partial charge in [-0.3, -0.25) is 0 Å². The van der Waals surface area contributed by atoms with Gasteiger partial charge >= 0.3 is 6.03 Å². The lowest BCUT2D eigenvalue weighted by molar-refractivity contribution is 0.166. The molecule has 0 spiro atoms. The normalized spacial score (nSPS) is 19.0. The molecule has 1 heterocycles. The van der Waals surface area contributed by atoms with Crippen LogP contribution in [0.3, 0.4) is 0 Å². The Morgan fingerprint density at radius 1 is 1.56 bits per heavy atom. The van der Waals surface area contributed by atoms with Gasteiger partial charge in [-0.05, 0) is 30.5 Å². The Bertz CT molecular complexity index is 422. The summed E-state index contributed by atoms with van der Waals surface area (Å²) in [6.07, 6.45) is 1.81. The second-order valence-electron chi connectivity index (χ2n) is 4.51. The Hall–Kier alpha value is -1.59. The Kier molecular flexibility index (Phi) is 4.17. The molecular formula is C13H19N3O2. The molecule has 2 amide bonds. The van der Waals surface area contributed by atoms with Crippen LogP contribution in [-0.4, -0.2) is 35.2 Å². The monoisotopic (exact) mass is 249 g/mol. The first-order valence-electron chi connectivity index (χ1n) is 6.22. The van der Waals surface area contributed by atoms with Gasteiger partial charge in [-0.15, -0.1) is 0 Å². The quantitative estimate of drug-likeness (QED) is 0.751. The van der Waals surface area contributed by atoms with Crippen LogP contribution in [0.25, 0.3) is 0 Å². The van der Waals surface area contributed by atoms with Gasteiger partial charge in [0.25, 0.3) is 0 Å². The highest BCUT2D eigenvalue weighted by molar-refractivity contribution is 5.89. The van der Waals surface area contributed by atoms with Crippen LogP contribution in [0.1, 0.15) is 18.4 Å². The number of carbonyl (C=O) groups is 1. The Labute approximate surface area is 107 Å². The Morgan fingerprint density at radius 3 is 3.11 bits per heavy atom. The van der Waals surface area contributed by atoms with E-state index in [1.807, 2.05) is 24.3 Å². The van der Waals surface area contributed by atoms with Gasteiger partial charge in [-0.2, -0.15) is 0 Å². The van der Waals surface area contributed by atoms with E-state index in [2.05, 4.69) is 5.32 Å². The van der Waals surface area contributed by atoms with Crippen molar-refractivity contribution in [3.63, 3.8) is 0 Å². The molecule has 0 saturated carbocycles. The van der Waals surface area contributed by atoms with E-state index in [-0.39, 0.29) is 18.7 Å². The van der Waals surface area contributed by atoms with Crippen LogP contribution in [0.4, 0.5) is 10.5 Å². The lowest BCUT2D eigenvalue weighted by Crippen LogP contribution is -2.40. The molecule has 1 aromatic carbocycles. The molecule has 1 aliphatic rings. The summed E-state index contributed by atoms with van der Waals surface area (Å²) < 4.78 is 0. The molecule has 0 aromatic heterocycles. The zero-order chi connectivity index (χ0) is 13.0. The molecule has 18 heavy (non-hydrogen) atoms. The van der Waals surface area contributed by atoms with E-state index in [1.54, 1.807) is 4.90 Å². The van der Waals surface area contributed by atoms with Crippen molar-refractivity contribution in [2.75, 3.05) is 18.5 Å². The predicted octanol–water partition coefficient (Wildman–Crippen LogP) is 1.13. The van der Waals surface area contributed by atoms with Crippen molar-refractivity contribution in [1.29, 1.82) is 0 Å². The number of nitrogens with zero attached hydrogens (tertiary/aromatic N) is 1. The highest BCUT2D eigenvalue weighted by Crippen LogP contribution is 2.18. The smallest absolute Gasteiger partial charge is 0.322 e. The number of carbonyl (C=O) groups excluding carboxylic acids is 1. The molecule has 1 atom stereocenters. The van der Waals surface area contributed by atoms with Crippen LogP contribution in [-0.2, 0) is 6.54 Å². The number of hydrogen-bond acceptors (Lipinski definition) is 3. The standard InChI is InChI=1S/C13H19N3O2/c14-8-10-3-1-4-11(7-10)15-13(18)16-6-2-5-12(16)9-17/h1,3-4,7,12,17H,2,5-6,8-9,14H2,(H,15,18). The largest absolute Gasteiger partial charge is 0.394 e. The summed E-state index contributed by atoms with van der Waals surface area (Å²) in [7, 11) is 0. The first-order chi connectivity index (χ1) is 8.74. The van der Waals surface area contributed by atoms with Crippen molar-refractivity contribution in [2.24, 2.45) is 5.73 Å². The first kappa shape index (κ1) is 12.9. The van der Waals surface area contributed by atoms with Crippen LogP contribution in [0.5, 0.6) is 0 Å². The number of hydrogen-bond donors (Lipinski definition) is 3. The maximum absolute atomic E-state index is 12.1. The zero-order valence-electron chi connectivity index (χ0n) is 10.3. The zero-order valence-corrected chi connectivity index (χ0v) is 10.3.